The summed E-state index contributed by atoms with van der Waals surface area (Å²) in [5.41, 5.74) is 0.195. The van der Waals surface area contributed by atoms with Gasteiger partial charge < -0.3 is 19.9 Å². The third kappa shape index (κ3) is 5.30. The zero-order chi connectivity index (χ0) is 23.4. The maximum atomic E-state index is 13.8. The molecule has 2 aromatic rings. The smallest absolute Gasteiger partial charge is 0.279 e. The molecule has 0 saturated carbocycles. The molecule has 8 nitrogen and oxygen atoms in total. The molecule has 1 aromatic carbocycles. The summed E-state index contributed by atoms with van der Waals surface area (Å²) in [6.45, 7) is 5.84. The normalized spacial score (nSPS) is 15.3. The minimum Gasteiger partial charge on any atom is -0.487 e. The summed E-state index contributed by atoms with van der Waals surface area (Å²) in [5.74, 6) is -2.46. The highest BCUT2D eigenvalue weighted by Crippen LogP contribution is 2.23. The Labute approximate surface area is 184 Å². The molecule has 1 saturated heterocycles. The number of nitrogens with zero attached hydrogens (tertiary/aromatic N) is 2. The van der Waals surface area contributed by atoms with Crippen LogP contribution >= 0.6 is 0 Å². The van der Waals surface area contributed by atoms with Gasteiger partial charge in [0.1, 0.15) is 18.0 Å². The average molecular weight is 448 g/mol. The lowest BCUT2D eigenvalue weighted by atomic mass is 10.1. The van der Waals surface area contributed by atoms with Crippen molar-refractivity contribution in [1.82, 2.24) is 20.2 Å². The zero-order valence-electron chi connectivity index (χ0n) is 18.2. The molecule has 172 valence electrons. The van der Waals surface area contributed by atoms with Crippen LogP contribution in [0.2, 0.25) is 0 Å². The molecule has 0 radical (unpaired) electrons. The first-order chi connectivity index (χ1) is 15.2. The largest absolute Gasteiger partial charge is 0.487 e. The van der Waals surface area contributed by atoms with Gasteiger partial charge in [0.05, 0.1) is 5.69 Å². The number of likely N-dealkylation sites (tertiary alicyclic amines) is 1. The summed E-state index contributed by atoms with van der Waals surface area (Å²) >= 11 is 0. The predicted octanol–water partition coefficient (Wildman–Crippen LogP) is 2.24. The van der Waals surface area contributed by atoms with Crippen LogP contribution in [0.15, 0.2) is 23.0 Å². The van der Waals surface area contributed by atoms with Crippen molar-refractivity contribution >= 4 is 11.8 Å². The molecule has 0 aliphatic carbocycles. The number of ether oxygens (including phenoxy) is 1. The van der Waals surface area contributed by atoms with Crippen LogP contribution in [-0.4, -0.2) is 51.9 Å². The van der Waals surface area contributed by atoms with E-state index in [2.05, 4.69) is 15.3 Å². The van der Waals surface area contributed by atoms with E-state index in [1.165, 1.54) is 6.07 Å². The number of aryl methyl sites for hydroxylation is 2. The highest BCUT2D eigenvalue weighted by atomic mass is 19.1. The van der Waals surface area contributed by atoms with Crippen LogP contribution in [0.4, 0.5) is 8.78 Å². The third-order valence-corrected chi connectivity index (χ3v) is 5.51. The Kier molecular flexibility index (Phi) is 7.22. The molecule has 32 heavy (non-hydrogen) atoms. The second-order valence-corrected chi connectivity index (χ2v) is 7.78. The van der Waals surface area contributed by atoms with Crippen molar-refractivity contribution in [1.29, 1.82) is 0 Å². The number of carbonyl (C=O) groups is 2. The molecule has 1 aliphatic rings. The van der Waals surface area contributed by atoms with Crippen LogP contribution in [-0.2, 0) is 4.79 Å². The summed E-state index contributed by atoms with van der Waals surface area (Å²) < 4.78 is 32.5. The molecular weight excluding hydrogens is 422 g/mol. The first-order valence-corrected chi connectivity index (χ1v) is 10.5. The van der Waals surface area contributed by atoms with Crippen LogP contribution in [0.25, 0.3) is 0 Å². The maximum Gasteiger partial charge on any atom is 0.279 e. The number of aromatic nitrogens is 2. The predicted molar refractivity (Wildman–Crippen MR) is 112 cm³/mol. The van der Waals surface area contributed by atoms with E-state index in [4.69, 9.17) is 4.74 Å². The average Bonchev–Trinajstić information content (AvgIpc) is 2.76. The monoisotopic (exact) mass is 448 g/mol. The van der Waals surface area contributed by atoms with E-state index in [9.17, 15) is 23.2 Å². The molecule has 0 unspecified atom stereocenters. The maximum absolute atomic E-state index is 13.8. The van der Waals surface area contributed by atoms with Crippen molar-refractivity contribution in [3.8, 4) is 5.75 Å². The second kappa shape index (κ2) is 9.88. The van der Waals surface area contributed by atoms with Crippen LogP contribution in [0, 0.1) is 25.5 Å². The number of benzene rings is 1. The topological polar surface area (TPSA) is 104 Å². The number of hydrogen-bond donors (Lipinski definition) is 2. The van der Waals surface area contributed by atoms with Gasteiger partial charge in [0.15, 0.2) is 17.3 Å². The lowest BCUT2D eigenvalue weighted by Gasteiger charge is -2.34. The molecule has 1 fully saturated rings. The van der Waals surface area contributed by atoms with Crippen LogP contribution in [0.1, 0.15) is 48.1 Å². The van der Waals surface area contributed by atoms with Crippen molar-refractivity contribution in [2.75, 3.05) is 13.1 Å². The number of carbonyl (C=O) groups excluding carboxylic acids is 2. The first-order valence-electron chi connectivity index (χ1n) is 10.5. The highest BCUT2D eigenvalue weighted by Gasteiger charge is 2.30. The molecule has 3 rings (SSSR count). The quantitative estimate of drug-likeness (QED) is 0.705. The van der Waals surface area contributed by atoms with Crippen molar-refractivity contribution < 1.29 is 23.1 Å². The SMILES string of the molecule is CC[C@H](NC(=O)c1nc(C)c(C)[nH]c1=O)C(=O)N1CCC(Oc2ccc(F)cc2F)CC1. The summed E-state index contributed by atoms with van der Waals surface area (Å²) in [4.78, 5) is 45.8. The Bertz CT molecular complexity index is 1060. The number of amides is 2. The van der Waals surface area contributed by atoms with Gasteiger partial charge in [-0.25, -0.2) is 13.8 Å². The molecular formula is C22H26F2N4O4. The van der Waals surface area contributed by atoms with Gasteiger partial charge in [-0.1, -0.05) is 6.92 Å². The van der Waals surface area contributed by atoms with E-state index in [0.29, 0.717) is 43.7 Å². The van der Waals surface area contributed by atoms with E-state index in [1.54, 1.807) is 25.7 Å². The van der Waals surface area contributed by atoms with Gasteiger partial charge in [-0.15, -0.1) is 0 Å². The van der Waals surface area contributed by atoms with Crippen molar-refractivity contribution in [3.63, 3.8) is 0 Å². The van der Waals surface area contributed by atoms with E-state index in [-0.39, 0.29) is 23.5 Å². The number of aromatic amines is 1. The Morgan fingerprint density at radius 2 is 1.97 bits per heavy atom. The minimum atomic E-state index is -0.808. The Balaban J connectivity index is 1.59. The van der Waals surface area contributed by atoms with E-state index in [0.717, 1.165) is 12.1 Å². The Morgan fingerprint density at radius 3 is 2.59 bits per heavy atom. The minimum absolute atomic E-state index is 0.0269. The summed E-state index contributed by atoms with van der Waals surface area (Å²) in [6.07, 6.45) is 0.952. The zero-order valence-corrected chi connectivity index (χ0v) is 18.2. The molecule has 1 aromatic heterocycles. The van der Waals surface area contributed by atoms with Gasteiger partial charge in [0, 0.05) is 37.7 Å². The fourth-order valence-electron chi connectivity index (χ4n) is 3.51. The summed E-state index contributed by atoms with van der Waals surface area (Å²) in [6, 6.07) is 2.32. The van der Waals surface area contributed by atoms with Crippen molar-refractivity contribution in [3.05, 3.63) is 57.3 Å². The lowest BCUT2D eigenvalue weighted by Crippen LogP contribution is -2.52. The summed E-state index contributed by atoms with van der Waals surface area (Å²) in [7, 11) is 0. The van der Waals surface area contributed by atoms with Crippen molar-refractivity contribution in [2.24, 2.45) is 0 Å². The van der Waals surface area contributed by atoms with Gasteiger partial charge in [-0.2, -0.15) is 0 Å². The fraction of sp³-hybridized carbons (Fsp3) is 0.455. The van der Waals surface area contributed by atoms with E-state index >= 15 is 0 Å². The number of nitrogens with one attached hydrogen (secondary N) is 2. The van der Waals surface area contributed by atoms with Gasteiger partial charge in [-0.05, 0) is 32.4 Å². The molecule has 0 bridgehead atoms. The molecule has 2 amide bonds. The Morgan fingerprint density at radius 1 is 1.28 bits per heavy atom. The first kappa shape index (κ1) is 23.4. The van der Waals surface area contributed by atoms with Crippen LogP contribution in [0.5, 0.6) is 5.75 Å². The second-order valence-electron chi connectivity index (χ2n) is 7.78. The fourth-order valence-corrected chi connectivity index (χ4v) is 3.51. The van der Waals surface area contributed by atoms with Crippen molar-refractivity contribution in [2.45, 2.75) is 52.2 Å². The van der Waals surface area contributed by atoms with Gasteiger partial charge in [-0.3, -0.25) is 14.4 Å². The number of hydrogen-bond acceptors (Lipinski definition) is 5. The summed E-state index contributed by atoms with van der Waals surface area (Å²) in [5, 5.41) is 2.60. The standard InChI is InChI=1S/C22H26F2N4O4/c1-4-17(27-21(30)19-20(29)26-13(3)12(2)25-19)22(31)28-9-7-15(8-10-28)32-18-6-5-14(23)11-16(18)24/h5-6,11,15,17H,4,7-10H2,1-3H3,(H,26,29)(H,27,30)/t17-/m0/s1. The Hall–Kier alpha value is -3.30. The number of halogens is 2. The molecule has 1 aliphatic heterocycles. The molecule has 2 heterocycles. The number of H-pyrrole nitrogens is 1. The van der Waals surface area contributed by atoms with E-state index < -0.39 is 29.1 Å². The molecule has 1 atom stereocenters. The van der Waals surface area contributed by atoms with Crippen LogP contribution in [0.3, 0.4) is 0 Å². The van der Waals surface area contributed by atoms with Gasteiger partial charge in [0.25, 0.3) is 11.5 Å². The molecule has 2 N–H and O–H groups in total. The molecule has 10 heteroatoms. The van der Waals surface area contributed by atoms with Gasteiger partial charge in [0.2, 0.25) is 5.91 Å². The van der Waals surface area contributed by atoms with E-state index in [1.807, 2.05) is 0 Å². The highest BCUT2D eigenvalue weighted by molar-refractivity contribution is 5.95. The number of rotatable bonds is 6. The molecule has 0 spiro atoms. The third-order valence-electron chi connectivity index (χ3n) is 5.51. The number of piperidine rings is 1. The van der Waals surface area contributed by atoms with Gasteiger partial charge >= 0.3 is 0 Å². The van der Waals surface area contributed by atoms with Crippen LogP contribution < -0.4 is 15.6 Å². The lowest BCUT2D eigenvalue weighted by molar-refractivity contribution is -0.135.